The Morgan fingerprint density at radius 1 is 0.871 bits per heavy atom. The van der Waals surface area contributed by atoms with Crippen molar-refractivity contribution in [2.24, 2.45) is 0 Å². The highest BCUT2D eigenvalue weighted by atomic mass is 32.2. The number of nitrogens with one attached hydrogen (secondary N) is 1. The molecule has 0 aliphatic rings. The number of nitrogens with zero attached hydrogens (tertiary/aromatic N) is 2. The molecule has 0 aliphatic carbocycles. The molecular weight excluding hydrogens is 441 g/mol. The Hall–Kier alpha value is -2.95. The van der Waals surface area contributed by atoms with Crippen LogP contribution in [0, 0.1) is 56.8 Å². The van der Waals surface area contributed by atoms with E-state index in [2.05, 4.69) is 9.82 Å². The van der Waals surface area contributed by atoms with Crippen LogP contribution in [-0.4, -0.2) is 18.2 Å². The molecule has 1 heterocycles. The second-order valence-electron chi connectivity index (χ2n) is 7.14. The summed E-state index contributed by atoms with van der Waals surface area (Å²) in [5.41, 5.74) is 1.57. The molecule has 0 bridgehead atoms. The standard InChI is InChI=1S/C20H18F5N3O2S/c1-9-7-10(2)12(4)20(11(9)3)31(29,30)27-14-5-6-28(26-14)8-13-15(21)17(23)19(25)18(24)16(13)22/h5-7H,8H2,1-4H3,(H,26,27). The van der Waals surface area contributed by atoms with Crippen LogP contribution in [0.1, 0.15) is 27.8 Å². The van der Waals surface area contributed by atoms with E-state index < -0.39 is 51.2 Å². The number of aryl methyl sites for hydroxylation is 2. The van der Waals surface area contributed by atoms with Gasteiger partial charge in [-0.3, -0.25) is 9.40 Å². The first-order chi connectivity index (χ1) is 14.3. The van der Waals surface area contributed by atoms with Crippen LogP contribution < -0.4 is 4.72 Å². The summed E-state index contributed by atoms with van der Waals surface area (Å²) in [5.74, 6) is -10.5. The van der Waals surface area contributed by atoms with Crippen molar-refractivity contribution < 1.29 is 30.4 Å². The van der Waals surface area contributed by atoms with Gasteiger partial charge < -0.3 is 0 Å². The van der Waals surface area contributed by atoms with Gasteiger partial charge in [0.2, 0.25) is 5.82 Å². The lowest BCUT2D eigenvalue weighted by Gasteiger charge is -2.15. The molecule has 5 nitrogen and oxygen atoms in total. The van der Waals surface area contributed by atoms with E-state index in [1.807, 2.05) is 6.07 Å². The van der Waals surface area contributed by atoms with Crippen molar-refractivity contribution >= 4 is 15.8 Å². The zero-order valence-electron chi connectivity index (χ0n) is 16.9. The van der Waals surface area contributed by atoms with Crippen molar-refractivity contribution in [1.82, 2.24) is 9.78 Å². The minimum absolute atomic E-state index is 0.0827. The molecule has 0 unspecified atom stereocenters. The largest absolute Gasteiger partial charge is 0.266 e. The molecule has 0 saturated heterocycles. The number of halogens is 5. The lowest BCUT2D eigenvalue weighted by Crippen LogP contribution is -2.18. The zero-order chi connectivity index (χ0) is 23.2. The second kappa shape index (κ2) is 7.95. The molecule has 3 rings (SSSR count). The summed E-state index contributed by atoms with van der Waals surface area (Å²) >= 11 is 0. The van der Waals surface area contributed by atoms with Crippen LogP contribution in [0.5, 0.6) is 0 Å². The van der Waals surface area contributed by atoms with E-state index in [1.54, 1.807) is 27.7 Å². The highest BCUT2D eigenvalue weighted by Gasteiger charge is 2.26. The molecular formula is C20H18F5N3O2S. The number of sulfonamides is 1. The van der Waals surface area contributed by atoms with Gasteiger partial charge in [-0.2, -0.15) is 5.10 Å². The minimum Gasteiger partial charge on any atom is -0.266 e. The van der Waals surface area contributed by atoms with Gasteiger partial charge in [0.05, 0.1) is 17.0 Å². The van der Waals surface area contributed by atoms with E-state index in [9.17, 15) is 30.4 Å². The minimum atomic E-state index is -4.06. The Balaban J connectivity index is 1.93. The topological polar surface area (TPSA) is 64.0 Å². The van der Waals surface area contributed by atoms with E-state index >= 15 is 0 Å². The third kappa shape index (κ3) is 4.01. The molecule has 0 aliphatic heterocycles. The summed E-state index contributed by atoms with van der Waals surface area (Å²) < 4.78 is 96.7. The fourth-order valence-corrected chi connectivity index (χ4v) is 4.84. The van der Waals surface area contributed by atoms with Crippen LogP contribution in [0.2, 0.25) is 0 Å². The number of hydrogen-bond donors (Lipinski definition) is 1. The number of anilines is 1. The van der Waals surface area contributed by atoms with Gasteiger partial charge in [-0.25, -0.2) is 30.4 Å². The average molecular weight is 459 g/mol. The van der Waals surface area contributed by atoms with Gasteiger partial charge in [-0.05, 0) is 49.9 Å². The molecule has 3 aromatic rings. The quantitative estimate of drug-likeness (QED) is 0.343. The van der Waals surface area contributed by atoms with Crippen LogP contribution in [0.3, 0.4) is 0 Å². The third-order valence-corrected chi connectivity index (χ3v) is 6.69. The van der Waals surface area contributed by atoms with Crippen LogP contribution >= 0.6 is 0 Å². The van der Waals surface area contributed by atoms with Gasteiger partial charge in [0.15, 0.2) is 29.1 Å². The van der Waals surface area contributed by atoms with Gasteiger partial charge >= 0.3 is 0 Å². The number of benzene rings is 2. The second-order valence-corrected chi connectivity index (χ2v) is 8.76. The molecule has 2 aromatic carbocycles. The van der Waals surface area contributed by atoms with E-state index in [0.717, 1.165) is 22.0 Å². The number of hydrogen-bond acceptors (Lipinski definition) is 3. The molecule has 1 N–H and O–H groups in total. The molecule has 0 radical (unpaired) electrons. The van der Waals surface area contributed by atoms with Crippen LogP contribution in [-0.2, 0) is 16.6 Å². The average Bonchev–Trinajstić information content (AvgIpc) is 3.12. The summed E-state index contributed by atoms with van der Waals surface area (Å²) in [5, 5.41) is 3.84. The SMILES string of the molecule is Cc1cc(C)c(C)c(S(=O)(=O)Nc2ccn(Cc3c(F)c(F)c(F)c(F)c3F)n2)c1C. The summed E-state index contributed by atoms with van der Waals surface area (Å²) in [6.45, 7) is 6.09. The predicted molar refractivity (Wildman–Crippen MR) is 104 cm³/mol. The van der Waals surface area contributed by atoms with Crippen LogP contribution in [0.25, 0.3) is 0 Å². The maximum atomic E-state index is 13.9. The van der Waals surface area contributed by atoms with E-state index in [4.69, 9.17) is 0 Å². The Morgan fingerprint density at radius 2 is 1.35 bits per heavy atom. The summed E-state index contributed by atoms with van der Waals surface area (Å²) in [4.78, 5) is 0.0827. The van der Waals surface area contributed by atoms with Crippen LogP contribution in [0.15, 0.2) is 23.2 Å². The van der Waals surface area contributed by atoms with Crippen molar-refractivity contribution in [2.45, 2.75) is 39.1 Å². The number of rotatable bonds is 5. The monoisotopic (exact) mass is 459 g/mol. The Bertz CT molecular complexity index is 1250. The molecule has 0 amide bonds. The fraction of sp³-hybridized carbons (Fsp3) is 0.250. The first kappa shape index (κ1) is 22.7. The molecule has 0 saturated carbocycles. The Kier molecular flexibility index (Phi) is 5.83. The molecule has 11 heteroatoms. The summed E-state index contributed by atoms with van der Waals surface area (Å²) in [7, 11) is -4.06. The van der Waals surface area contributed by atoms with Gasteiger partial charge in [-0.1, -0.05) is 6.07 Å². The van der Waals surface area contributed by atoms with E-state index in [1.165, 1.54) is 6.07 Å². The first-order valence-electron chi connectivity index (χ1n) is 8.99. The maximum absolute atomic E-state index is 13.9. The molecule has 166 valence electrons. The lowest BCUT2D eigenvalue weighted by atomic mass is 10.0. The lowest BCUT2D eigenvalue weighted by molar-refractivity contribution is 0.367. The van der Waals surface area contributed by atoms with Crippen molar-refractivity contribution in [3.63, 3.8) is 0 Å². The predicted octanol–water partition coefficient (Wildman–Crippen LogP) is 4.66. The number of aromatic nitrogens is 2. The first-order valence-corrected chi connectivity index (χ1v) is 10.5. The smallest absolute Gasteiger partial charge is 0.263 e. The Morgan fingerprint density at radius 3 is 1.87 bits per heavy atom. The van der Waals surface area contributed by atoms with E-state index in [0.29, 0.717) is 11.1 Å². The van der Waals surface area contributed by atoms with Gasteiger partial charge in [-0.15, -0.1) is 0 Å². The van der Waals surface area contributed by atoms with Crippen molar-refractivity contribution in [3.8, 4) is 0 Å². The maximum Gasteiger partial charge on any atom is 0.263 e. The van der Waals surface area contributed by atoms with Gasteiger partial charge in [0.25, 0.3) is 10.0 Å². The van der Waals surface area contributed by atoms with Crippen molar-refractivity contribution in [3.05, 3.63) is 75.2 Å². The van der Waals surface area contributed by atoms with Gasteiger partial charge in [0, 0.05) is 12.3 Å². The molecule has 1 aromatic heterocycles. The van der Waals surface area contributed by atoms with Gasteiger partial charge in [0.1, 0.15) is 0 Å². The summed E-state index contributed by atoms with van der Waals surface area (Å²) in [6.07, 6.45) is 1.15. The molecule has 0 fully saturated rings. The molecule has 31 heavy (non-hydrogen) atoms. The third-order valence-electron chi connectivity index (χ3n) is 5.07. The van der Waals surface area contributed by atoms with Crippen LogP contribution in [0.4, 0.5) is 27.8 Å². The highest BCUT2D eigenvalue weighted by Crippen LogP contribution is 2.28. The highest BCUT2D eigenvalue weighted by molar-refractivity contribution is 7.92. The summed E-state index contributed by atoms with van der Waals surface area (Å²) in [6, 6.07) is 3.07. The zero-order valence-corrected chi connectivity index (χ0v) is 17.8. The van der Waals surface area contributed by atoms with Crippen molar-refractivity contribution in [2.75, 3.05) is 4.72 Å². The fourth-order valence-electron chi connectivity index (χ4n) is 3.23. The Labute approximate surface area is 175 Å². The molecule has 0 atom stereocenters. The molecule has 0 spiro atoms. The normalized spacial score (nSPS) is 11.8. The van der Waals surface area contributed by atoms with E-state index in [-0.39, 0.29) is 10.7 Å². The van der Waals surface area contributed by atoms with Crippen molar-refractivity contribution in [1.29, 1.82) is 0 Å².